The molecular weight excluding hydrogens is 127 g/mol. The van der Waals surface area contributed by atoms with Gasteiger partial charge in [-0.2, -0.15) is 0 Å². The quantitative estimate of drug-likeness (QED) is 0.460. The monoisotopic (exact) mass is 146 g/mol. The second-order valence-electron chi connectivity index (χ2n) is 2.43. The van der Waals surface area contributed by atoms with Gasteiger partial charge in [0.2, 0.25) is 0 Å². The van der Waals surface area contributed by atoms with Crippen LogP contribution in [0.3, 0.4) is 0 Å². The van der Waals surface area contributed by atoms with Crippen LogP contribution in [-0.2, 0) is 0 Å². The Morgan fingerprint density at radius 3 is 1.78 bits per heavy atom. The zero-order valence-corrected chi connectivity index (χ0v) is 7.91. The minimum Gasteiger partial charge on any atom is -0.122 e. The summed E-state index contributed by atoms with van der Waals surface area (Å²) in [5.41, 5.74) is 0. The SMILES string of the molecule is CC.CC1CCPCC1. The van der Waals surface area contributed by atoms with Gasteiger partial charge in [0.15, 0.2) is 0 Å². The first-order valence-corrected chi connectivity index (χ1v) is 5.52. The zero-order chi connectivity index (χ0) is 7.11. The van der Waals surface area contributed by atoms with Crippen molar-refractivity contribution in [3.05, 3.63) is 0 Å². The second kappa shape index (κ2) is 6.55. The van der Waals surface area contributed by atoms with Crippen molar-refractivity contribution in [2.24, 2.45) is 5.92 Å². The molecule has 1 fully saturated rings. The molecule has 0 nitrogen and oxygen atoms in total. The van der Waals surface area contributed by atoms with Crippen LogP contribution >= 0.6 is 8.58 Å². The normalized spacial score (nSPS) is 29.0. The molecule has 0 aliphatic carbocycles. The van der Waals surface area contributed by atoms with E-state index in [0.29, 0.717) is 0 Å². The third kappa shape index (κ3) is 4.90. The lowest BCUT2D eigenvalue weighted by Crippen LogP contribution is -2.02. The van der Waals surface area contributed by atoms with Crippen molar-refractivity contribution >= 4 is 8.58 Å². The smallest absolute Gasteiger partial charge is 0.0351 e. The van der Waals surface area contributed by atoms with E-state index in [1.807, 2.05) is 13.8 Å². The van der Waals surface area contributed by atoms with Crippen LogP contribution in [0.4, 0.5) is 0 Å². The van der Waals surface area contributed by atoms with Crippen molar-refractivity contribution < 1.29 is 0 Å². The van der Waals surface area contributed by atoms with E-state index in [0.717, 1.165) is 5.92 Å². The van der Waals surface area contributed by atoms with Gasteiger partial charge in [-0.1, -0.05) is 20.8 Å². The van der Waals surface area contributed by atoms with Crippen LogP contribution in [-0.4, -0.2) is 12.3 Å². The summed E-state index contributed by atoms with van der Waals surface area (Å²) in [6.45, 7) is 6.36. The van der Waals surface area contributed by atoms with Crippen LogP contribution in [0, 0.1) is 5.92 Å². The van der Waals surface area contributed by atoms with Crippen LogP contribution in [0.25, 0.3) is 0 Å². The molecule has 0 aromatic heterocycles. The molecule has 0 bridgehead atoms. The molecule has 1 saturated heterocycles. The topological polar surface area (TPSA) is 0 Å². The van der Waals surface area contributed by atoms with Gasteiger partial charge < -0.3 is 0 Å². The molecule has 0 amide bonds. The van der Waals surface area contributed by atoms with Gasteiger partial charge >= 0.3 is 0 Å². The van der Waals surface area contributed by atoms with Crippen LogP contribution < -0.4 is 0 Å². The molecule has 0 saturated carbocycles. The molecule has 0 N–H and O–H groups in total. The van der Waals surface area contributed by atoms with Crippen LogP contribution in [0.15, 0.2) is 0 Å². The van der Waals surface area contributed by atoms with Crippen LogP contribution in [0.1, 0.15) is 33.6 Å². The maximum Gasteiger partial charge on any atom is -0.0351 e. The highest BCUT2D eigenvalue weighted by molar-refractivity contribution is 7.38. The largest absolute Gasteiger partial charge is 0.122 e. The Morgan fingerprint density at radius 1 is 1.11 bits per heavy atom. The van der Waals surface area contributed by atoms with Gasteiger partial charge in [0, 0.05) is 0 Å². The summed E-state index contributed by atoms with van der Waals surface area (Å²) < 4.78 is 0. The Hall–Kier alpha value is 0.430. The van der Waals surface area contributed by atoms with Crippen molar-refractivity contribution in [3.8, 4) is 0 Å². The highest BCUT2D eigenvalue weighted by atomic mass is 31.1. The van der Waals surface area contributed by atoms with Crippen LogP contribution in [0.2, 0.25) is 0 Å². The first-order valence-electron chi connectivity index (χ1n) is 4.10. The third-order valence-electron chi connectivity index (χ3n) is 1.63. The molecule has 1 rings (SSSR count). The first-order chi connectivity index (χ1) is 4.39. The predicted molar refractivity (Wildman–Crippen MR) is 47.8 cm³/mol. The molecule has 56 valence electrons. The van der Waals surface area contributed by atoms with Gasteiger partial charge in [-0.15, -0.1) is 8.58 Å². The number of hydrogen-bond acceptors (Lipinski definition) is 0. The van der Waals surface area contributed by atoms with Crippen molar-refractivity contribution in [1.82, 2.24) is 0 Å². The fourth-order valence-corrected chi connectivity index (χ4v) is 2.61. The molecular formula is C8H19P. The van der Waals surface area contributed by atoms with Crippen molar-refractivity contribution in [2.45, 2.75) is 33.6 Å². The van der Waals surface area contributed by atoms with E-state index in [4.69, 9.17) is 0 Å². The van der Waals surface area contributed by atoms with E-state index in [1.54, 1.807) is 0 Å². The Balaban J connectivity index is 0.000000291. The third-order valence-corrected chi connectivity index (χ3v) is 2.91. The van der Waals surface area contributed by atoms with Gasteiger partial charge in [-0.05, 0) is 31.1 Å². The molecule has 0 aromatic carbocycles. The molecule has 0 atom stereocenters. The number of hydrogen-bond donors (Lipinski definition) is 0. The fraction of sp³-hybridized carbons (Fsp3) is 1.00. The molecule has 0 radical (unpaired) electrons. The summed E-state index contributed by atoms with van der Waals surface area (Å²) in [5.74, 6) is 1.04. The van der Waals surface area contributed by atoms with Gasteiger partial charge in [-0.3, -0.25) is 0 Å². The maximum absolute atomic E-state index is 2.36. The van der Waals surface area contributed by atoms with Crippen molar-refractivity contribution in [1.29, 1.82) is 0 Å². The highest BCUT2D eigenvalue weighted by Crippen LogP contribution is 2.26. The van der Waals surface area contributed by atoms with E-state index < -0.39 is 0 Å². The molecule has 9 heavy (non-hydrogen) atoms. The van der Waals surface area contributed by atoms with Crippen molar-refractivity contribution in [2.75, 3.05) is 12.3 Å². The summed E-state index contributed by atoms with van der Waals surface area (Å²) in [4.78, 5) is 0. The molecule has 0 unspecified atom stereocenters. The van der Waals surface area contributed by atoms with E-state index in [-0.39, 0.29) is 0 Å². The van der Waals surface area contributed by atoms with E-state index in [2.05, 4.69) is 6.92 Å². The lowest BCUT2D eigenvalue weighted by molar-refractivity contribution is 0.538. The summed E-state index contributed by atoms with van der Waals surface area (Å²) in [6.07, 6.45) is 6.03. The Kier molecular flexibility index (Phi) is 6.86. The Labute approximate surface area is 61.2 Å². The second-order valence-corrected chi connectivity index (χ2v) is 3.93. The van der Waals surface area contributed by atoms with Gasteiger partial charge in [0.25, 0.3) is 0 Å². The van der Waals surface area contributed by atoms with E-state index in [9.17, 15) is 0 Å². The molecule has 1 heterocycles. The molecule has 0 spiro atoms. The minimum absolute atomic E-state index is 1.04. The van der Waals surface area contributed by atoms with E-state index in [1.165, 1.54) is 33.7 Å². The fourth-order valence-electron chi connectivity index (χ4n) is 0.966. The average Bonchev–Trinajstić information content (AvgIpc) is 1.94. The van der Waals surface area contributed by atoms with Gasteiger partial charge in [0.05, 0.1) is 0 Å². The summed E-state index contributed by atoms with van der Waals surface area (Å²) in [7, 11) is 1.29. The minimum atomic E-state index is 1.04. The summed E-state index contributed by atoms with van der Waals surface area (Å²) in [6, 6.07) is 0. The molecule has 1 heteroatoms. The standard InChI is InChI=1S/C6H13P.C2H6/c1-6-2-4-7-5-3-6;1-2/h6-7H,2-5H2,1H3;1-2H3. The molecule has 1 aliphatic heterocycles. The molecule has 1 aliphatic rings. The van der Waals surface area contributed by atoms with Crippen LogP contribution in [0.5, 0.6) is 0 Å². The molecule has 0 aromatic rings. The maximum atomic E-state index is 2.36. The van der Waals surface area contributed by atoms with Crippen molar-refractivity contribution in [3.63, 3.8) is 0 Å². The summed E-state index contributed by atoms with van der Waals surface area (Å²) >= 11 is 0. The lowest BCUT2D eigenvalue weighted by Gasteiger charge is -2.15. The van der Waals surface area contributed by atoms with Gasteiger partial charge in [0.1, 0.15) is 0 Å². The highest BCUT2D eigenvalue weighted by Gasteiger charge is 2.05. The van der Waals surface area contributed by atoms with E-state index >= 15 is 0 Å². The predicted octanol–water partition coefficient (Wildman–Crippen LogP) is 3.12. The lowest BCUT2D eigenvalue weighted by atomic mass is 10.1. The van der Waals surface area contributed by atoms with Gasteiger partial charge in [-0.25, -0.2) is 0 Å². The zero-order valence-electron chi connectivity index (χ0n) is 6.91. The Morgan fingerprint density at radius 2 is 1.56 bits per heavy atom. The number of rotatable bonds is 0. The first kappa shape index (κ1) is 9.43. The Bertz CT molecular complexity index is 46.5. The summed E-state index contributed by atoms with van der Waals surface area (Å²) in [5, 5.41) is 0. The average molecular weight is 146 g/mol.